The van der Waals surface area contributed by atoms with Crippen molar-refractivity contribution in [1.29, 1.82) is 0 Å². The van der Waals surface area contributed by atoms with Crippen molar-refractivity contribution in [3.63, 3.8) is 0 Å². The van der Waals surface area contributed by atoms with E-state index in [1.807, 2.05) is 11.5 Å². The van der Waals surface area contributed by atoms with E-state index in [2.05, 4.69) is 15.5 Å². The van der Waals surface area contributed by atoms with Gasteiger partial charge in [-0.25, -0.2) is 4.79 Å². The quantitative estimate of drug-likeness (QED) is 0.146. The number of esters is 1. The van der Waals surface area contributed by atoms with Gasteiger partial charge in [-0.2, -0.15) is 0 Å². The number of nitrogens with zero attached hydrogens (tertiary/aromatic N) is 3. The number of benzene rings is 2. The highest BCUT2D eigenvalue weighted by Gasteiger charge is 2.16. The summed E-state index contributed by atoms with van der Waals surface area (Å²) in [5, 5.41) is 13.2. The first kappa shape index (κ1) is 29.1. The second-order valence-electron chi connectivity index (χ2n) is 8.16. The van der Waals surface area contributed by atoms with E-state index in [1.165, 1.54) is 17.8 Å². The molecule has 37 heavy (non-hydrogen) atoms. The fourth-order valence-electron chi connectivity index (χ4n) is 3.28. The Hall–Kier alpha value is -2.46. The highest BCUT2D eigenvalue weighted by Crippen LogP contribution is 2.28. The molecule has 1 N–H and O–H groups in total. The van der Waals surface area contributed by atoms with Crippen LogP contribution in [0.15, 0.2) is 41.6 Å². The van der Waals surface area contributed by atoms with E-state index in [0.29, 0.717) is 63.2 Å². The summed E-state index contributed by atoms with van der Waals surface area (Å²) in [6.45, 7) is 6.62. The molecular weight excluding hydrogens is 559 g/mol. The number of anilines is 1. The van der Waals surface area contributed by atoms with Crippen molar-refractivity contribution in [3.8, 4) is 5.75 Å². The number of aryl methyl sites for hydroxylation is 1. The van der Waals surface area contributed by atoms with Gasteiger partial charge in [0.1, 0.15) is 11.6 Å². The van der Waals surface area contributed by atoms with E-state index in [0.717, 1.165) is 5.82 Å². The average molecular weight is 586 g/mol. The highest BCUT2D eigenvalue weighted by molar-refractivity contribution is 7.99. The largest absolute Gasteiger partial charge is 0.492 e. The molecule has 0 aliphatic rings. The summed E-state index contributed by atoms with van der Waals surface area (Å²) in [4.78, 5) is 24.8. The third kappa shape index (κ3) is 8.53. The highest BCUT2D eigenvalue weighted by atomic mass is 35.5. The molecule has 3 rings (SSSR count). The van der Waals surface area contributed by atoms with E-state index in [-0.39, 0.29) is 17.8 Å². The number of aromatic nitrogens is 3. The Morgan fingerprint density at radius 2 is 1.86 bits per heavy atom. The third-order valence-electron chi connectivity index (χ3n) is 4.96. The minimum atomic E-state index is -0.484. The monoisotopic (exact) mass is 584 g/mol. The summed E-state index contributed by atoms with van der Waals surface area (Å²) in [7, 11) is 0. The van der Waals surface area contributed by atoms with Crippen LogP contribution in [0.3, 0.4) is 0 Å². The molecule has 1 aromatic heterocycles. The first-order chi connectivity index (χ1) is 17.7. The van der Waals surface area contributed by atoms with E-state index in [9.17, 15) is 9.59 Å². The number of hydrogen-bond donors (Lipinski definition) is 1. The summed E-state index contributed by atoms with van der Waals surface area (Å²) in [6, 6.07) is 9.70. The number of ether oxygens (including phenoxy) is 2. The van der Waals surface area contributed by atoms with Gasteiger partial charge in [0.2, 0.25) is 5.91 Å². The lowest BCUT2D eigenvalue weighted by atomic mass is 10.2. The molecule has 0 aliphatic carbocycles. The molecule has 0 atom stereocenters. The number of hydrogen-bond acceptors (Lipinski definition) is 7. The van der Waals surface area contributed by atoms with Crippen molar-refractivity contribution in [1.82, 2.24) is 14.8 Å². The fourth-order valence-corrected chi connectivity index (χ4v) is 4.73. The molecule has 198 valence electrons. The van der Waals surface area contributed by atoms with E-state index in [1.54, 1.807) is 44.2 Å². The number of amides is 1. The summed E-state index contributed by atoms with van der Waals surface area (Å²) in [6.07, 6.45) is 1.09. The lowest BCUT2D eigenvalue weighted by Gasteiger charge is -2.11. The number of thioether (sulfide) groups is 1. The molecule has 0 spiro atoms. The molecule has 12 heteroatoms. The van der Waals surface area contributed by atoms with E-state index >= 15 is 0 Å². The molecular formula is C25H27Cl3N4O4S. The molecule has 0 saturated carbocycles. The number of rotatable bonds is 12. The van der Waals surface area contributed by atoms with Crippen molar-refractivity contribution in [2.75, 3.05) is 17.7 Å². The lowest BCUT2D eigenvalue weighted by molar-refractivity contribution is -0.113. The van der Waals surface area contributed by atoms with Gasteiger partial charge in [0.05, 0.1) is 39.8 Å². The minimum absolute atomic E-state index is 0.0906. The van der Waals surface area contributed by atoms with Gasteiger partial charge in [-0.1, -0.05) is 46.6 Å². The van der Waals surface area contributed by atoms with Crippen molar-refractivity contribution in [3.05, 3.63) is 62.9 Å². The van der Waals surface area contributed by atoms with Crippen LogP contribution in [0.4, 0.5) is 5.69 Å². The molecule has 0 saturated heterocycles. The van der Waals surface area contributed by atoms with Gasteiger partial charge >= 0.3 is 5.97 Å². The van der Waals surface area contributed by atoms with Crippen LogP contribution in [0.25, 0.3) is 0 Å². The molecule has 3 aromatic rings. The Kier molecular flexibility index (Phi) is 10.9. The van der Waals surface area contributed by atoms with Gasteiger partial charge in [0.15, 0.2) is 5.16 Å². The Bertz CT molecular complexity index is 1250. The molecule has 0 unspecified atom stereocenters. The Balaban J connectivity index is 1.53. The summed E-state index contributed by atoms with van der Waals surface area (Å²) in [5.41, 5.74) is 0.641. The topological polar surface area (TPSA) is 95.3 Å². The summed E-state index contributed by atoms with van der Waals surface area (Å²) >= 11 is 19.5. The van der Waals surface area contributed by atoms with Gasteiger partial charge < -0.3 is 19.4 Å². The maximum Gasteiger partial charge on any atom is 0.338 e. The van der Waals surface area contributed by atoms with Crippen molar-refractivity contribution < 1.29 is 19.1 Å². The zero-order chi connectivity index (χ0) is 26.9. The standard InChI is InChI=1S/C25H27Cl3N4O4S/c1-4-32-22(6-5-11-35-21-10-8-17(26)13-19(21)28)30-31-25(32)37-14-23(33)29-20-12-16(7-9-18(20)27)24(34)36-15(2)3/h7-10,12-13,15H,4-6,11,14H2,1-3H3,(H,29,33). The molecule has 1 heterocycles. The zero-order valence-corrected chi connectivity index (χ0v) is 23.7. The number of carbonyl (C=O) groups excluding carboxylic acids is 2. The molecule has 0 bridgehead atoms. The van der Waals surface area contributed by atoms with Crippen LogP contribution < -0.4 is 10.1 Å². The van der Waals surface area contributed by atoms with Crippen molar-refractivity contribution >= 4 is 64.1 Å². The lowest BCUT2D eigenvalue weighted by Crippen LogP contribution is -2.16. The number of halogens is 3. The molecule has 0 aliphatic heterocycles. The number of carbonyl (C=O) groups is 2. The third-order valence-corrected chi connectivity index (χ3v) is 6.78. The SMILES string of the molecule is CCn1c(CCCOc2ccc(Cl)cc2Cl)nnc1SCC(=O)Nc1cc(C(=O)OC(C)C)ccc1Cl. The first-order valence-electron chi connectivity index (χ1n) is 11.6. The van der Waals surface area contributed by atoms with Crippen LogP contribution >= 0.6 is 46.6 Å². The number of nitrogens with one attached hydrogen (secondary N) is 1. The predicted molar refractivity (Wildman–Crippen MR) is 147 cm³/mol. The maximum absolute atomic E-state index is 12.6. The second-order valence-corrected chi connectivity index (χ2v) is 10.3. The molecule has 0 radical (unpaired) electrons. The fraction of sp³-hybridized carbons (Fsp3) is 0.360. The molecule has 1 amide bonds. The van der Waals surface area contributed by atoms with Gasteiger partial charge in [-0.3, -0.25) is 4.79 Å². The van der Waals surface area contributed by atoms with E-state index < -0.39 is 5.97 Å². The van der Waals surface area contributed by atoms with Gasteiger partial charge in [0.25, 0.3) is 0 Å². The van der Waals surface area contributed by atoms with Crippen LogP contribution in [-0.4, -0.2) is 45.1 Å². The summed E-state index contributed by atoms with van der Waals surface area (Å²) < 4.78 is 12.9. The molecule has 8 nitrogen and oxygen atoms in total. The first-order valence-corrected chi connectivity index (χ1v) is 13.7. The molecule has 2 aromatic carbocycles. The van der Waals surface area contributed by atoms with Crippen LogP contribution in [0.5, 0.6) is 5.75 Å². The van der Waals surface area contributed by atoms with Crippen molar-refractivity contribution in [2.45, 2.75) is 51.4 Å². The Morgan fingerprint density at radius 1 is 1.08 bits per heavy atom. The van der Waals surface area contributed by atoms with Crippen LogP contribution in [-0.2, 0) is 22.5 Å². The maximum atomic E-state index is 12.6. The Labute approximate surface area is 235 Å². The van der Waals surface area contributed by atoms with Crippen LogP contribution in [0.1, 0.15) is 43.4 Å². The minimum Gasteiger partial charge on any atom is -0.492 e. The molecule has 0 fully saturated rings. The average Bonchev–Trinajstić information content (AvgIpc) is 3.24. The zero-order valence-electron chi connectivity index (χ0n) is 20.6. The van der Waals surface area contributed by atoms with Gasteiger partial charge in [-0.05, 0) is 63.6 Å². The van der Waals surface area contributed by atoms with E-state index in [4.69, 9.17) is 44.3 Å². The smallest absolute Gasteiger partial charge is 0.338 e. The Morgan fingerprint density at radius 3 is 2.57 bits per heavy atom. The summed E-state index contributed by atoms with van der Waals surface area (Å²) in [5.74, 6) is 0.694. The second kappa shape index (κ2) is 13.9. The van der Waals surface area contributed by atoms with Gasteiger partial charge in [0, 0.05) is 18.0 Å². The van der Waals surface area contributed by atoms with Crippen molar-refractivity contribution in [2.24, 2.45) is 0 Å². The predicted octanol–water partition coefficient (Wildman–Crippen LogP) is 6.57. The normalized spacial score (nSPS) is 11.0. The van der Waals surface area contributed by atoms with Gasteiger partial charge in [-0.15, -0.1) is 10.2 Å². The van der Waals surface area contributed by atoms with Crippen LogP contribution in [0.2, 0.25) is 15.1 Å². The van der Waals surface area contributed by atoms with Crippen LogP contribution in [0, 0.1) is 0 Å².